The lowest BCUT2D eigenvalue weighted by atomic mass is 10.2. The molecule has 106 valence electrons. The first kappa shape index (κ1) is 13.5. The van der Waals surface area contributed by atoms with Gasteiger partial charge in [0.1, 0.15) is 0 Å². The fraction of sp³-hybridized carbons (Fsp3) is 0.133. The molecule has 0 amide bonds. The highest BCUT2D eigenvalue weighted by molar-refractivity contribution is 7.13. The Kier molecular flexibility index (Phi) is 3.79. The Hall–Kier alpha value is -2.47. The smallest absolute Gasteiger partial charge is 0.338 e. The van der Waals surface area contributed by atoms with Gasteiger partial charge in [-0.1, -0.05) is 24.3 Å². The monoisotopic (exact) mass is 300 g/mol. The van der Waals surface area contributed by atoms with Gasteiger partial charge in [0.2, 0.25) is 0 Å². The molecule has 0 saturated carbocycles. The van der Waals surface area contributed by atoms with Crippen LogP contribution in [0.2, 0.25) is 0 Å². The van der Waals surface area contributed by atoms with Crippen molar-refractivity contribution in [3.05, 3.63) is 59.3 Å². The van der Waals surface area contributed by atoms with Crippen molar-refractivity contribution < 1.29 is 13.9 Å². The van der Waals surface area contributed by atoms with E-state index in [-0.39, 0.29) is 5.89 Å². The maximum absolute atomic E-state index is 12.0. The zero-order valence-electron chi connectivity index (χ0n) is 11.2. The largest absolute Gasteiger partial charge is 0.449 e. The quantitative estimate of drug-likeness (QED) is 0.687. The second kappa shape index (κ2) is 5.88. The molecule has 1 atom stereocenters. The normalized spacial score (nSPS) is 12.0. The number of aromatic nitrogens is 2. The average molecular weight is 300 g/mol. The van der Waals surface area contributed by atoms with E-state index in [0.717, 1.165) is 4.88 Å². The molecule has 0 fully saturated rings. The van der Waals surface area contributed by atoms with E-state index in [4.69, 9.17) is 9.15 Å². The van der Waals surface area contributed by atoms with Crippen LogP contribution in [-0.2, 0) is 4.74 Å². The number of carbonyl (C=O) groups excluding carboxylic acids is 1. The maximum Gasteiger partial charge on any atom is 0.338 e. The number of esters is 1. The number of hydrogen-bond donors (Lipinski definition) is 0. The minimum absolute atomic E-state index is 0.280. The summed E-state index contributed by atoms with van der Waals surface area (Å²) >= 11 is 1.51. The van der Waals surface area contributed by atoms with Crippen molar-refractivity contribution in [1.82, 2.24) is 10.2 Å². The number of nitrogens with zero attached hydrogens (tertiary/aromatic N) is 2. The van der Waals surface area contributed by atoms with Gasteiger partial charge in [0.25, 0.3) is 11.8 Å². The second-order valence-corrected chi connectivity index (χ2v) is 5.28. The van der Waals surface area contributed by atoms with Crippen LogP contribution in [0.5, 0.6) is 0 Å². The van der Waals surface area contributed by atoms with Crippen molar-refractivity contribution in [2.24, 2.45) is 0 Å². The minimum Gasteiger partial charge on any atom is -0.449 e. The van der Waals surface area contributed by atoms with E-state index in [9.17, 15) is 4.79 Å². The van der Waals surface area contributed by atoms with E-state index in [1.54, 1.807) is 31.2 Å². The van der Waals surface area contributed by atoms with E-state index < -0.39 is 12.1 Å². The third-order valence-corrected chi connectivity index (χ3v) is 3.67. The molecule has 3 aromatic rings. The molecular formula is C15H12N2O3S. The molecule has 0 unspecified atom stereocenters. The van der Waals surface area contributed by atoms with E-state index >= 15 is 0 Å². The van der Waals surface area contributed by atoms with Crippen LogP contribution in [0.25, 0.3) is 10.8 Å². The van der Waals surface area contributed by atoms with Crippen LogP contribution >= 0.6 is 11.3 Å². The summed E-state index contributed by atoms with van der Waals surface area (Å²) in [4.78, 5) is 12.8. The summed E-state index contributed by atoms with van der Waals surface area (Å²) in [6.45, 7) is 1.70. The van der Waals surface area contributed by atoms with Crippen molar-refractivity contribution in [3.63, 3.8) is 0 Å². The second-order valence-electron chi connectivity index (χ2n) is 4.34. The SMILES string of the molecule is C[C@H](OC(=O)c1ccccc1)c1nnc(-c2cccs2)o1. The Morgan fingerprint density at radius 3 is 2.71 bits per heavy atom. The molecule has 0 radical (unpaired) electrons. The first-order chi connectivity index (χ1) is 10.2. The molecule has 0 spiro atoms. The zero-order valence-corrected chi connectivity index (χ0v) is 12.0. The van der Waals surface area contributed by atoms with Gasteiger partial charge in [0.05, 0.1) is 10.4 Å². The molecule has 3 rings (SSSR count). The van der Waals surface area contributed by atoms with Gasteiger partial charge in [0, 0.05) is 0 Å². The molecule has 0 aliphatic heterocycles. The fourth-order valence-corrected chi connectivity index (χ4v) is 2.40. The standard InChI is InChI=1S/C15H12N2O3S/c1-10(19-15(18)11-6-3-2-4-7-11)13-16-17-14(20-13)12-8-5-9-21-12/h2-10H,1H3/t10-/m0/s1. The molecule has 21 heavy (non-hydrogen) atoms. The van der Waals surface area contributed by atoms with Gasteiger partial charge in [-0.15, -0.1) is 21.5 Å². The van der Waals surface area contributed by atoms with Gasteiger partial charge in [-0.25, -0.2) is 4.79 Å². The Morgan fingerprint density at radius 1 is 1.19 bits per heavy atom. The zero-order chi connectivity index (χ0) is 14.7. The number of carbonyl (C=O) groups is 1. The third kappa shape index (κ3) is 3.00. The molecule has 0 aliphatic rings. The van der Waals surface area contributed by atoms with E-state index in [0.29, 0.717) is 11.5 Å². The first-order valence-electron chi connectivity index (χ1n) is 6.37. The van der Waals surface area contributed by atoms with E-state index in [1.807, 2.05) is 23.6 Å². The van der Waals surface area contributed by atoms with Crippen molar-refractivity contribution in [2.75, 3.05) is 0 Å². The molecule has 5 nitrogen and oxygen atoms in total. The average Bonchev–Trinajstić information content (AvgIpc) is 3.19. The molecule has 0 N–H and O–H groups in total. The molecule has 0 aliphatic carbocycles. The van der Waals surface area contributed by atoms with Crippen LogP contribution in [0.3, 0.4) is 0 Å². The topological polar surface area (TPSA) is 65.2 Å². The van der Waals surface area contributed by atoms with Gasteiger partial charge in [0.15, 0.2) is 6.10 Å². The first-order valence-corrected chi connectivity index (χ1v) is 7.25. The Balaban J connectivity index is 1.71. The molecule has 1 aromatic carbocycles. The molecule has 0 saturated heterocycles. The summed E-state index contributed by atoms with van der Waals surface area (Å²) in [6, 6.07) is 12.6. The highest BCUT2D eigenvalue weighted by Crippen LogP contribution is 2.26. The van der Waals surface area contributed by atoms with Crippen LogP contribution in [-0.4, -0.2) is 16.2 Å². The van der Waals surface area contributed by atoms with Crippen molar-refractivity contribution in [1.29, 1.82) is 0 Å². The van der Waals surface area contributed by atoms with Gasteiger partial charge in [-0.3, -0.25) is 0 Å². The summed E-state index contributed by atoms with van der Waals surface area (Å²) in [7, 11) is 0. The lowest BCUT2D eigenvalue weighted by molar-refractivity contribution is 0.0280. The summed E-state index contributed by atoms with van der Waals surface area (Å²) in [6.07, 6.45) is -0.598. The van der Waals surface area contributed by atoms with Crippen LogP contribution in [0.4, 0.5) is 0 Å². The highest BCUT2D eigenvalue weighted by Gasteiger charge is 2.20. The van der Waals surface area contributed by atoms with Crippen LogP contribution in [0, 0.1) is 0 Å². The molecule has 6 heteroatoms. The minimum atomic E-state index is -0.598. The van der Waals surface area contributed by atoms with Crippen molar-refractivity contribution >= 4 is 17.3 Å². The fourth-order valence-electron chi connectivity index (χ4n) is 1.75. The highest BCUT2D eigenvalue weighted by atomic mass is 32.1. The van der Waals surface area contributed by atoms with Crippen LogP contribution in [0.1, 0.15) is 29.3 Å². The summed E-state index contributed by atoms with van der Waals surface area (Å²) in [5.41, 5.74) is 0.488. The lowest BCUT2D eigenvalue weighted by Crippen LogP contribution is -2.09. The van der Waals surface area contributed by atoms with Gasteiger partial charge in [-0.05, 0) is 30.5 Å². The number of rotatable bonds is 4. The molecule has 2 heterocycles. The van der Waals surface area contributed by atoms with Gasteiger partial charge >= 0.3 is 5.97 Å². The third-order valence-electron chi connectivity index (χ3n) is 2.81. The molecule has 2 aromatic heterocycles. The number of ether oxygens (including phenoxy) is 1. The van der Waals surface area contributed by atoms with Crippen molar-refractivity contribution in [3.8, 4) is 10.8 Å². The summed E-state index contributed by atoms with van der Waals surface area (Å²) < 4.78 is 10.9. The lowest BCUT2D eigenvalue weighted by Gasteiger charge is -2.08. The predicted octanol–water partition coefficient (Wildman–Crippen LogP) is 3.72. The van der Waals surface area contributed by atoms with Crippen LogP contribution < -0.4 is 0 Å². The Bertz CT molecular complexity index is 722. The van der Waals surface area contributed by atoms with Crippen LogP contribution in [0.15, 0.2) is 52.3 Å². The maximum atomic E-state index is 12.0. The Labute approximate surface area is 125 Å². The van der Waals surface area contributed by atoms with Gasteiger partial charge < -0.3 is 9.15 Å². The van der Waals surface area contributed by atoms with Gasteiger partial charge in [-0.2, -0.15) is 0 Å². The summed E-state index contributed by atoms with van der Waals surface area (Å²) in [5, 5.41) is 9.82. The number of thiophene rings is 1. The van der Waals surface area contributed by atoms with E-state index in [1.165, 1.54) is 11.3 Å². The summed E-state index contributed by atoms with van der Waals surface area (Å²) in [5.74, 6) is 0.296. The molecule has 0 bridgehead atoms. The Morgan fingerprint density at radius 2 is 2.00 bits per heavy atom. The molecular weight excluding hydrogens is 288 g/mol. The number of hydrogen-bond acceptors (Lipinski definition) is 6. The van der Waals surface area contributed by atoms with Crippen molar-refractivity contribution in [2.45, 2.75) is 13.0 Å². The van der Waals surface area contributed by atoms with E-state index in [2.05, 4.69) is 10.2 Å². The predicted molar refractivity (Wildman–Crippen MR) is 77.9 cm³/mol. The number of benzene rings is 1.